The third-order valence-corrected chi connectivity index (χ3v) is 1.62. The number of nitrogens with one attached hydrogen (secondary N) is 1. The summed E-state index contributed by atoms with van der Waals surface area (Å²) in [5, 5.41) is 0.296. The second-order valence-electron chi connectivity index (χ2n) is 2.30. The summed E-state index contributed by atoms with van der Waals surface area (Å²) in [5.74, 6) is -1.60. The van der Waals surface area contributed by atoms with Crippen LogP contribution in [0.4, 0.5) is 8.78 Å². The fourth-order valence-electron chi connectivity index (χ4n) is 1.07. The van der Waals surface area contributed by atoms with Crippen molar-refractivity contribution in [2.75, 3.05) is 0 Å². The minimum atomic E-state index is -0.808. The Labute approximate surface area is 63.1 Å². The lowest BCUT2D eigenvalue weighted by Gasteiger charge is -1.92. The van der Waals surface area contributed by atoms with Crippen LogP contribution in [-0.2, 0) is 0 Å². The van der Waals surface area contributed by atoms with Crippen molar-refractivity contribution in [1.82, 2.24) is 4.98 Å². The van der Waals surface area contributed by atoms with Crippen molar-refractivity contribution in [1.29, 1.82) is 0 Å². The molecule has 11 heavy (non-hydrogen) atoms. The van der Waals surface area contributed by atoms with Crippen molar-refractivity contribution in [3.8, 4) is 0 Å². The molecule has 0 fully saturated rings. The van der Waals surface area contributed by atoms with Crippen LogP contribution in [0.15, 0.2) is 24.4 Å². The van der Waals surface area contributed by atoms with E-state index in [-0.39, 0.29) is 1.43 Å². The molecular weight excluding hydrogens is 148 g/mol. The second kappa shape index (κ2) is 2.05. The zero-order valence-corrected chi connectivity index (χ0v) is 5.57. The van der Waals surface area contributed by atoms with Gasteiger partial charge in [-0.2, -0.15) is 0 Å². The third-order valence-electron chi connectivity index (χ3n) is 1.62. The summed E-state index contributed by atoms with van der Waals surface area (Å²) >= 11 is 0. The molecule has 0 bridgehead atoms. The highest BCUT2D eigenvalue weighted by Gasteiger charge is 2.05. The predicted octanol–water partition coefficient (Wildman–Crippen LogP) is 2.69. The molecule has 1 N–H and O–H groups in total. The molecule has 0 aliphatic carbocycles. The number of hydrogen-bond acceptors (Lipinski definition) is 0. The van der Waals surface area contributed by atoms with Gasteiger partial charge in [-0.25, -0.2) is 8.78 Å². The smallest absolute Gasteiger partial charge is 0.168 e. The Kier molecular flexibility index (Phi) is 1.18. The summed E-state index contributed by atoms with van der Waals surface area (Å²) in [5.41, 5.74) is 0.615. The molecule has 0 atom stereocenters. The average Bonchev–Trinajstić information content (AvgIpc) is 2.45. The normalized spacial score (nSPS) is 10.7. The average molecular weight is 155 g/mol. The highest BCUT2D eigenvalue weighted by atomic mass is 19.2. The van der Waals surface area contributed by atoms with Gasteiger partial charge in [0, 0.05) is 18.5 Å². The number of fused-ring (bicyclic) bond motifs is 1. The van der Waals surface area contributed by atoms with Gasteiger partial charge in [0.25, 0.3) is 0 Å². The molecule has 0 saturated heterocycles. The molecule has 0 spiro atoms. The maximum absolute atomic E-state index is 12.8. The number of aromatic nitrogens is 1. The van der Waals surface area contributed by atoms with Crippen molar-refractivity contribution >= 4 is 10.9 Å². The Morgan fingerprint density at radius 3 is 2.82 bits per heavy atom. The second-order valence-corrected chi connectivity index (χ2v) is 2.30. The molecule has 2 rings (SSSR count). The zero-order chi connectivity index (χ0) is 7.84. The highest BCUT2D eigenvalue weighted by Crippen LogP contribution is 2.18. The van der Waals surface area contributed by atoms with E-state index in [1.165, 1.54) is 12.1 Å². The molecule has 1 nitrogen and oxygen atoms in total. The Hall–Kier alpha value is -1.38. The van der Waals surface area contributed by atoms with Gasteiger partial charge in [-0.15, -0.1) is 0 Å². The van der Waals surface area contributed by atoms with Crippen LogP contribution in [0, 0.1) is 11.6 Å². The predicted molar refractivity (Wildman–Crippen MR) is 40.3 cm³/mol. The van der Waals surface area contributed by atoms with Gasteiger partial charge in [0.1, 0.15) is 0 Å². The summed E-state index contributed by atoms with van der Waals surface area (Å²) in [6.45, 7) is 0. The van der Waals surface area contributed by atoms with Gasteiger partial charge in [-0.3, -0.25) is 0 Å². The van der Waals surface area contributed by atoms with E-state index in [0.717, 1.165) is 6.07 Å². The molecule has 1 heterocycles. The number of hydrogen-bond donors (Lipinski definition) is 1. The quantitative estimate of drug-likeness (QED) is 0.602. The lowest BCUT2D eigenvalue weighted by molar-refractivity contribution is 0.517. The lowest BCUT2D eigenvalue weighted by atomic mass is 10.2. The zero-order valence-electron chi connectivity index (χ0n) is 5.57. The van der Waals surface area contributed by atoms with Gasteiger partial charge in [0.2, 0.25) is 0 Å². The van der Waals surface area contributed by atoms with E-state index < -0.39 is 11.6 Å². The van der Waals surface area contributed by atoms with E-state index in [4.69, 9.17) is 0 Å². The number of rotatable bonds is 0. The molecule has 0 aliphatic rings. The van der Waals surface area contributed by atoms with E-state index in [2.05, 4.69) is 4.98 Å². The molecule has 3 heteroatoms. The lowest BCUT2D eigenvalue weighted by Crippen LogP contribution is -1.82. The molecule has 0 radical (unpaired) electrons. The first kappa shape index (κ1) is 6.34. The van der Waals surface area contributed by atoms with Crippen LogP contribution in [0.1, 0.15) is 1.43 Å². The molecule has 0 amide bonds. The van der Waals surface area contributed by atoms with Crippen LogP contribution >= 0.6 is 0 Å². The van der Waals surface area contributed by atoms with Crippen LogP contribution in [0.25, 0.3) is 10.9 Å². The first-order chi connectivity index (χ1) is 5.29. The summed E-state index contributed by atoms with van der Waals surface area (Å²) in [7, 11) is 0. The van der Waals surface area contributed by atoms with Gasteiger partial charge in [-0.1, -0.05) is 0 Å². The first-order valence-electron chi connectivity index (χ1n) is 3.20. The van der Waals surface area contributed by atoms with Crippen LogP contribution in [0.2, 0.25) is 0 Å². The van der Waals surface area contributed by atoms with Crippen LogP contribution in [0.3, 0.4) is 0 Å². The highest BCUT2D eigenvalue weighted by molar-refractivity contribution is 5.79. The summed E-state index contributed by atoms with van der Waals surface area (Å²) < 4.78 is 25.4. The van der Waals surface area contributed by atoms with Crippen molar-refractivity contribution < 1.29 is 10.2 Å². The number of benzene rings is 1. The van der Waals surface area contributed by atoms with E-state index in [1.807, 2.05) is 0 Å². The van der Waals surface area contributed by atoms with Crippen molar-refractivity contribution in [3.63, 3.8) is 0 Å². The molecule has 2 aromatic rings. The van der Waals surface area contributed by atoms with Gasteiger partial charge in [0.15, 0.2) is 11.6 Å². The molecule has 58 valence electrons. The van der Waals surface area contributed by atoms with Gasteiger partial charge >= 0.3 is 0 Å². The SMILES string of the molecule is Fc1ccc2[nH]ccc2c1F.[HH]. The number of halogens is 2. The Morgan fingerprint density at radius 2 is 2.00 bits per heavy atom. The van der Waals surface area contributed by atoms with Gasteiger partial charge in [0.05, 0.1) is 0 Å². The maximum atomic E-state index is 12.8. The van der Waals surface area contributed by atoms with Gasteiger partial charge in [-0.05, 0) is 18.2 Å². The molecule has 0 saturated carbocycles. The van der Waals surface area contributed by atoms with Crippen molar-refractivity contribution in [3.05, 3.63) is 36.0 Å². The van der Waals surface area contributed by atoms with Crippen LogP contribution < -0.4 is 0 Å². The summed E-state index contributed by atoms with van der Waals surface area (Å²) in [4.78, 5) is 2.78. The number of H-pyrrole nitrogens is 1. The fourth-order valence-corrected chi connectivity index (χ4v) is 1.07. The molecule has 1 aromatic heterocycles. The molecule has 1 aromatic carbocycles. The standard InChI is InChI=1S/C8H5F2N.H2/c9-6-1-2-7-5(8(6)10)3-4-11-7;/h1-4,11H;1H. The summed E-state index contributed by atoms with van der Waals surface area (Å²) in [6, 6.07) is 4.12. The van der Waals surface area contributed by atoms with Crippen molar-refractivity contribution in [2.45, 2.75) is 0 Å². The third kappa shape index (κ3) is 0.808. The number of aromatic amines is 1. The molecule has 0 aliphatic heterocycles. The fraction of sp³-hybridized carbons (Fsp3) is 0. The van der Waals surface area contributed by atoms with E-state index in [1.54, 1.807) is 6.20 Å². The first-order valence-corrected chi connectivity index (χ1v) is 3.20. The van der Waals surface area contributed by atoms with Crippen LogP contribution in [0.5, 0.6) is 0 Å². The van der Waals surface area contributed by atoms with E-state index in [9.17, 15) is 8.78 Å². The maximum Gasteiger partial charge on any atom is 0.168 e. The van der Waals surface area contributed by atoms with E-state index in [0.29, 0.717) is 10.9 Å². The molecular formula is C8H7F2N. The summed E-state index contributed by atoms with van der Waals surface area (Å²) in [6.07, 6.45) is 1.58. The minimum Gasteiger partial charge on any atom is -0.361 e. The Balaban J connectivity index is 0.000000720. The Bertz CT molecular complexity index is 397. The van der Waals surface area contributed by atoms with Crippen LogP contribution in [-0.4, -0.2) is 4.98 Å². The minimum absolute atomic E-state index is 0. The Morgan fingerprint density at radius 1 is 1.18 bits per heavy atom. The largest absolute Gasteiger partial charge is 0.361 e. The van der Waals surface area contributed by atoms with Gasteiger partial charge < -0.3 is 4.98 Å². The molecule has 0 unspecified atom stereocenters. The monoisotopic (exact) mass is 155 g/mol. The van der Waals surface area contributed by atoms with E-state index >= 15 is 0 Å². The van der Waals surface area contributed by atoms with Crippen molar-refractivity contribution in [2.24, 2.45) is 0 Å². The topological polar surface area (TPSA) is 15.8 Å².